The number of fused-ring (bicyclic) bond motifs is 8. The molecule has 43 heavy (non-hydrogen) atoms. The van der Waals surface area contributed by atoms with E-state index in [1.165, 1.54) is 10.8 Å². The fourth-order valence-electron chi connectivity index (χ4n) is 6.31. The summed E-state index contributed by atoms with van der Waals surface area (Å²) in [4.78, 5) is 6.53. The van der Waals surface area contributed by atoms with Crippen molar-refractivity contribution >= 4 is 71.7 Å². The van der Waals surface area contributed by atoms with Gasteiger partial charge in [-0.25, -0.2) is 0 Å². The van der Waals surface area contributed by atoms with E-state index in [1.807, 2.05) is 36.5 Å². The van der Waals surface area contributed by atoms with Crippen molar-refractivity contribution in [2.45, 2.75) is 0 Å². The van der Waals surface area contributed by atoms with Crippen LogP contribution < -0.4 is 4.90 Å². The summed E-state index contributed by atoms with van der Waals surface area (Å²) in [5.74, 6) is 0. The van der Waals surface area contributed by atoms with E-state index in [1.54, 1.807) is 6.20 Å². The lowest BCUT2D eigenvalue weighted by Gasteiger charge is -2.25. The third-order valence-corrected chi connectivity index (χ3v) is 8.35. The molecule has 3 heterocycles. The minimum absolute atomic E-state index is 0.808. The van der Waals surface area contributed by atoms with Crippen LogP contribution in [0.2, 0.25) is 0 Å². The number of pyridine rings is 1. The molecule has 6 aromatic carbocycles. The van der Waals surface area contributed by atoms with E-state index in [2.05, 4.69) is 113 Å². The summed E-state index contributed by atoms with van der Waals surface area (Å²) in [6, 6.07) is 46.8. The second-order valence-corrected chi connectivity index (χ2v) is 10.8. The zero-order valence-electron chi connectivity index (χ0n) is 23.1. The summed E-state index contributed by atoms with van der Waals surface area (Å²) in [5, 5.41) is 6.81. The second kappa shape index (κ2) is 9.33. The molecule has 4 heteroatoms. The van der Waals surface area contributed by atoms with Crippen LogP contribution in [-0.4, -0.2) is 4.98 Å². The summed E-state index contributed by atoms with van der Waals surface area (Å²) in [5.41, 5.74) is 9.04. The Bertz CT molecular complexity index is 2450. The van der Waals surface area contributed by atoms with Crippen LogP contribution in [-0.2, 0) is 0 Å². The van der Waals surface area contributed by atoms with Crippen LogP contribution in [0.1, 0.15) is 0 Å². The highest BCUT2D eigenvalue weighted by Crippen LogP contribution is 2.40. The maximum absolute atomic E-state index is 6.11. The van der Waals surface area contributed by atoms with Crippen LogP contribution in [0, 0.1) is 0 Å². The molecule has 0 N–H and O–H groups in total. The average molecular weight is 553 g/mol. The van der Waals surface area contributed by atoms with E-state index in [0.29, 0.717) is 0 Å². The van der Waals surface area contributed by atoms with E-state index in [4.69, 9.17) is 8.83 Å². The molecule has 9 aromatic rings. The summed E-state index contributed by atoms with van der Waals surface area (Å²) < 4.78 is 12.2. The number of anilines is 3. The number of para-hydroxylation sites is 2. The normalized spacial score (nSPS) is 11.7. The number of aromatic nitrogens is 1. The highest BCUT2D eigenvalue weighted by molar-refractivity contribution is 6.19. The molecule has 0 aliphatic heterocycles. The molecular weight excluding hydrogens is 528 g/mol. The minimum atomic E-state index is 0.808. The first-order valence-corrected chi connectivity index (χ1v) is 14.4. The lowest BCUT2D eigenvalue weighted by molar-refractivity contribution is 0.667. The van der Waals surface area contributed by atoms with E-state index in [-0.39, 0.29) is 0 Å². The van der Waals surface area contributed by atoms with Crippen molar-refractivity contribution in [2.24, 2.45) is 0 Å². The number of nitrogens with zero attached hydrogens (tertiary/aromatic N) is 2. The van der Waals surface area contributed by atoms with E-state index < -0.39 is 0 Å². The second-order valence-electron chi connectivity index (χ2n) is 10.8. The van der Waals surface area contributed by atoms with Gasteiger partial charge in [-0.05, 0) is 88.6 Å². The average Bonchev–Trinajstić information content (AvgIpc) is 3.64. The van der Waals surface area contributed by atoms with Crippen LogP contribution >= 0.6 is 0 Å². The monoisotopic (exact) mass is 552 g/mol. The van der Waals surface area contributed by atoms with Gasteiger partial charge in [-0.2, -0.15) is 0 Å². The summed E-state index contributed by atoms with van der Waals surface area (Å²) in [7, 11) is 0. The van der Waals surface area contributed by atoms with Gasteiger partial charge in [0, 0.05) is 44.8 Å². The zero-order chi connectivity index (χ0) is 28.3. The van der Waals surface area contributed by atoms with E-state index >= 15 is 0 Å². The molecule has 3 aromatic heterocycles. The van der Waals surface area contributed by atoms with Crippen molar-refractivity contribution in [3.05, 3.63) is 146 Å². The smallest absolute Gasteiger partial charge is 0.153 e. The Kier molecular flexibility index (Phi) is 5.16. The lowest BCUT2D eigenvalue weighted by atomic mass is 9.98. The molecule has 0 spiro atoms. The largest absolute Gasteiger partial charge is 0.456 e. The van der Waals surface area contributed by atoms with Crippen molar-refractivity contribution in [1.82, 2.24) is 4.98 Å². The predicted octanol–water partition coefficient (Wildman–Crippen LogP) is 11.2. The molecule has 0 saturated carbocycles. The van der Waals surface area contributed by atoms with Gasteiger partial charge in [0.1, 0.15) is 16.7 Å². The molecule has 0 bridgehead atoms. The maximum atomic E-state index is 6.11. The third kappa shape index (κ3) is 3.81. The molecule has 0 amide bonds. The van der Waals surface area contributed by atoms with Gasteiger partial charge in [-0.1, -0.05) is 66.7 Å². The summed E-state index contributed by atoms with van der Waals surface area (Å²) >= 11 is 0. The molecule has 0 aliphatic rings. The van der Waals surface area contributed by atoms with Crippen LogP contribution in [0.25, 0.3) is 65.8 Å². The SMILES string of the molecule is c1ccc(N(c2ccc(-c3ccc4ccc5oc6cnccc6c5c4c3)cc2)c2ccc3oc4ccccc4c3c2)cc1. The molecule has 4 nitrogen and oxygen atoms in total. The molecule has 0 fully saturated rings. The van der Waals surface area contributed by atoms with Crippen molar-refractivity contribution in [3.63, 3.8) is 0 Å². The Balaban J connectivity index is 1.16. The minimum Gasteiger partial charge on any atom is -0.456 e. The molecule has 0 unspecified atom stereocenters. The molecule has 9 rings (SSSR count). The molecule has 202 valence electrons. The van der Waals surface area contributed by atoms with Crippen LogP contribution in [0.15, 0.2) is 155 Å². The summed E-state index contributed by atoms with van der Waals surface area (Å²) in [6.07, 6.45) is 3.61. The Labute approximate surface area is 247 Å². The number of hydrogen-bond donors (Lipinski definition) is 0. The van der Waals surface area contributed by atoms with E-state index in [9.17, 15) is 0 Å². The van der Waals surface area contributed by atoms with Crippen LogP contribution in [0.3, 0.4) is 0 Å². The van der Waals surface area contributed by atoms with Gasteiger partial charge in [0.15, 0.2) is 5.58 Å². The van der Waals surface area contributed by atoms with Crippen molar-refractivity contribution in [2.75, 3.05) is 4.90 Å². The molecule has 0 aliphatic carbocycles. The Morgan fingerprint density at radius 3 is 2.05 bits per heavy atom. The molecule has 0 radical (unpaired) electrons. The first-order valence-electron chi connectivity index (χ1n) is 14.4. The van der Waals surface area contributed by atoms with Crippen LogP contribution in [0.5, 0.6) is 0 Å². The molecular formula is C39H24N2O2. The lowest BCUT2D eigenvalue weighted by Crippen LogP contribution is -2.09. The number of furan rings is 2. The fraction of sp³-hybridized carbons (Fsp3) is 0. The molecule has 0 saturated heterocycles. The first-order chi connectivity index (χ1) is 21.3. The van der Waals surface area contributed by atoms with Gasteiger partial charge in [0.2, 0.25) is 0 Å². The van der Waals surface area contributed by atoms with Gasteiger partial charge in [-0.15, -0.1) is 0 Å². The zero-order valence-corrected chi connectivity index (χ0v) is 23.1. The van der Waals surface area contributed by atoms with Gasteiger partial charge in [0.25, 0.3) is 0 Å². The van der Waals surface area contributed by atoms with Crippen molar-refractivity contribution in [3.8, 4) is 11.1 Å². The van der Waals surface area contributed by atoms with Crippen LogP contribution in [0.4, 0.5) is 17.1 Å². The highest BCUT2D eigenvalue weighted by Gasteiger charge is 2.16. The van der Waals surface area contributed by atoms with Crippen molar-refractivity contribution < 1.29 is 8.83 Å². The Morgan fingerprint density at radius 1 is 0.442 bits per heavy atom. The topological polar surface area (TPSA) is 42.4 Å². The Morgan fingerprint density at radius 2 is 1.14 bits per heavy atom. The maximum Gasteiger partial charge on any atom is 0.153 e. The van der Waals surface area contributed by atoms with Gasteiger partial charge in [-0.3, -0.25) is 4.98 Å². The Hall–Kier alpha value is -5.87. The number of hydrogen-bond acceptors (Lipinski definition) is 4. The van der Waals surface area contributed by atoms with Gasteiger partial charge >= 0.3 is 0 Å². The van der Waals surface area contributed by atoms with Crippen molar-refractivity contribution in [1.29, 1.82) is 0 Å². The standard InChI is InChI=1S/C39H24N2O2/c1-2-6-28(7-3-1)41(30-17-19-36-34(23-30)31-8-4-5-9-35(31)42-36)29-15-12-25(13-16-29)27-11-10-26-14-18-37-39(33(26)22-27)32-20-21-40-24-38(32)43-37/h1-24H. The first kappa shape index (κ1) is 23.8. The summed E-state index contributed by atoms with van der Waals surface area (Å²) in [6.45, 7) is 0. The third-order valence-electron chi connectivity index (χ3n) is 8.35. The van der Waals surface area contributed by atoms with Gasteiger partial charge < -0.3 is 13.7 Å². The quantitative estimate of drug-likeness (QED) is 0.218. The van der Waals surface area contributed by atoms with Gasteiger partial charge in [0.05, 0.1) is 6.20 Å². The number of benzene rings is 6. The molecule has 0 atom stereocenters. The highest BCUT2D eigenvalue weighted by atomic mass is 16.3. The number of rotatable bonds is 4. The predicted molar refractivity (Wildman–Crippen MR) is 176 cm³/mol. The van der Waals surface area contributed by atoms with E-state index in [0.717, 1.165) is 72.1 Å². The fourth-order valence-corrected chi connectivity index (χ4v) is 6.31.